The van der Waals surface area contributed by atoms with Crippen LogP contribution in [0.4, 0.5) is 0 Å². The molecule has 2 aromatic carbocycles. The fourth-order valence-corrected chi connectivity index (χ4v) is 2.84. The average Bonchev–Trinajstić information content (AvgIpc) is 2.98. The molecule has 112 valence electrons. The summed E-state index contributed by atoms with van der Waals surface area (Å²) in [5.74, 6) is 0.797. The molecular weight excluding hydrogens is 344 g/mol. The average molecular weight is 359 g/mol. The fraction of sp³-hybridized carbons (Fsp3) is 0.118. The van der Waals surface area contributed by atoms with Gasteiger partial charge in [0.05, 0.1) is 5.52 Å². The largest absolute Gasteiger partial charge is 0.488 e. The van der Waals surface area contributed by atoms with E-state index in [1.54, 1.807) is 0 Å². The molecule has 3 rings (SSSR count). The summed E-state index contributed by atoms with van der Waals surface area (Å²) in [4.78, 5) is 13.8. The zero-order valence-corrected chi connectivity index (χ0v) is 13.4. The van der Waals surface area contributed by atoms with Gasteiger partial charge >= 0.3 is 0 Å². The number of hydrogen-bond acceptors (Lipinski definition) is 2. The van der Waals surface area contributed by atoms with Crippen LogP contribution >= 0.6 is 15.9 Å². The Kier molecular flexibility index (Phi) is 4.44. The number of rotatable bonds is 6. The van der Waals surface area contributed by atoms with Crippen LogP contribution in [0.1, 0.15) is 11.1 Å². The Morgan fingerprint density at radius 1 is 1.18 bits per heavy atom. The smallest absolute Gasteiger partial charge is 0.207 e. The second kappa shape index (κ2) is 6.66. The van der Waals surface area contributed by atoms with Crippen LogP contribution in [-0.2, 0) is 17.9 Å². The molecule has 22 heavy (non-hydrogen) atoms. The Balaban J connectivity index is 1.92. The van der Waals surface area contributed by atoms with Crippen molar-refractivity contribution in [3.05, 3.63) is 64.3 Å². The maximum absolute atomic E-state index is 10.5. The summed E-state index contributed by atoms with van der Waals surface area (Å²) in [7, 11) is 0. The zero-order chi connectivity index (χ0) is 15.4. The van der Waals surface area contributed by atoms with E-state index in [0.717, 1.165) is 32.3 Å². The number of aromatic nitrogens is 1. The quantitative estimate of drug-likeness (QED) is 0.659. The van der Waals surface area contributed by atoms with Crippen molar-refractivity contribution in [1.29, 1.82) is 0 Å². The number of nitrogens with one attached hydrogen (secondary N) is 2. The van der Waals surface area contributed by atoms with Gasteiger partial charge in [-0.1, -0.05) is 30.3 Å². The molecule has 5 heteroatoms. The molecule has 2 N–H and O–H groups in total. The first-order valence-corrected chi connectivity index (χ1v) is 7.71. The standard InChI is InChI=1S/C17H15BrN2O2/c18-14-6-7-15(22-10-12-4-2-1-3-5-12)16-13(8-19-11-21)9-20-17(14)16/h1-7,9,11,20H,8,10H2,(H,19,21). The molecule has 0 saturated carbocycles. The molecule has 0 atom stereocenters. The minimum absolute atomic E-state index is 0.460. The number of carbonyl (C=O) groups is 1. The lowest BCUT2D eigenvalue weighted by Gasteiger charge is -2.10. The molecule has 0 aliphatic heterocycles. The van der Waals surface area contributed by atoms with Crippen LogP contribution in [-0.4, -0.2) is 11.4 Å². The number of fused-ring (bicyclic) bond motifs is 1. The van der Waals surface area contributed by atoms with E-state index in [1.165, 1.54) is 0 Å². The first-order valence-electron chi connectivity index (χ1n) is 6.92. The molecule has 0 aliphatic rings. The predicted molar refractivity (Wildman–Crippen MR) is 89.7 cm³/mol. The molecule has 4 nitrogen and oxygen atoms in total. The fourth-order valence-electron chi connectivity index (χ4n) is 2.40. The second-order valence-electron chi connectivity index (χ2n) is 4.88. The van der Waals surface area contributed by atoms with E-state index in [9.17, 15) is 4.79 Å². The Morgan fingerprint density at radius 2 is 2.00 bits per heavy atom. The van der Waals surface area contributed by atoms with Crippen molar-refractivity contribution in [2.45, 2.75) is 13.2 Å². The predicted octanol–water partition coefficient (Wildman–Crippen LogP) is 3.76. The number of aromatic amines is 1. The van der Waals surface area contributed by atoms with Gasteiger partial charge in [0.15, 0.2) is 0 Å². The van der Waals surface area contributed by atoms with Crippen LogP contribution in [0.5, 0.6) is 5.75 Å². The van der Waals surface area contributed by atoms with Crippen LogP contribution in [0.2, 0.25) is 0 Å². The molecular formula is C17H15BrN2O2. The third kappa shape index (κ3) is 2.99. The van der Waals surface area contributed by atoms with Crippen molar-refractivity contribution in [2.75, 3.05) is 0 Å². The van der Waals surface area contributed by atoms with Gasteiger partial charge in [-0.3, -0.25) is 4.79 Å². The summed E-state index contributed by atoms with van der Waals surface area (Å²) in [6.07, 6.45) is 2.59. The highest BCUT2D eigenvalue weighted by Crippen LogP contribution is 2.34. The van der Waals surface area contributed by atoms with E-state index in [-0.39, 0.29) is 0 Å². The van der Waals surface area contributed by atoms with Crippen LogP contribution in [0.15, 0.2) is 53.1 Å². The maximum atomic E-state index is 10.5. The maximum Gasteiger partial charge on any atom is 0.207 e. The van der Waals surface area contributed by atoms with Crippen molar-refractivity contribution in [1.82, 2.24) is 10.3 Å². The van der Waals surface area contributed by atoms with Gasteiger partial charge < -0.3 is 15.0 Å². The van der Waals surface area contributed by atoms with Gasteiger partial charge in [0.25, 0.3) is 0 Å². The van der Waals surface area contributed by atoms with Crippen LogP contribution in [0.25, 0.3) is 10.9 Å². The highest BCUT2D eigenvalue weighted by Gasteiger charge is 2.12. The molecule has 0 unspecified atom stereocenters. The number of H-pyrrole nitrogens is 1. The van der Waals surface area contributed by atoms with E-state index in [0.29, 0.717) is 19.6 Å². The summed E-state index contributed by atoms with van der Waals surface area (Å²) in [6.45, 7) is 0.963. The van der Waals surface area contributed by atoms with Gasteiger partial charge in [0.2, 0.25) is 6.41 Å². The van der Waals surface area contributed by atoms with E-state index >= 15 is 0 Å². The minimum Gasteiger partial charge on any atom is -0.488 e. The monoisotopic (exact) mass is 358 g/mol. The minimum atomic E-state index is 0.460. The normalized spacial score (nSPS) is 10.6. The van der Waals surface area contributed by atoms with Crippen molar-refractivity contribution in [2.24, 2.45) is 0 Å². The topological polar surface area (TPSA) is 54.1 Å². The van der Waals surface area contributed by atoms with Crippen LogP contribution in [0.3, 0.4) is 0 Å². The molecule has 3 aromatic rings. The van der Waals surface area contributed by atoms with E-state index < -0.39 is 0 Å². The van der Waals surface area contributed by atoms with Crippen molar-refractivity contribution < 1.29 is 9.53 Å². The summed E-state index contributed by atoms with van der Waals surface area (Å²) >= 11 is 3.53. The summed E-state index contributed by atoms with van der Waals surface area (Å²) in [5.41, 5.74) is 3.07. The van der Waals surface area contributed by atoms with Gasteiger partial charge in [-0.05, 0) is 33.6 Å². The third-order valence-corrected chi connectivity index (χ3v) is 4.10. The molecule has 0 spiro atoms. The lowest BCUT2D eigenvalue weighted by Crippen LogP contribution is -2.09. The van der Waals surface area contributed by atoms with Crippen molar-refractivity contribution in [3.63, 3.8) is 0 Å². The van der Waals surface area contributed by atoms with Gasteiger partial charge in [0, 0.05) is 28.2 Å². The van der Waals surface area contributed by atoms with Crippen LogP contribution < -0.4 is 10.1 Å². The highest BCUT2D eigenvalue weighted by molar-refractivity contribution is 9.10. The molecule has 0 aliphatic carbocycles. The molecule has 1 amide bonds. The van der Waals surface area contributed by atoms with E-state index in [1.807, 2.05) is 48.7 Å². The van der Waals surface area contributed by atoms with E-state index in [4.69, 9.17) is 4.74 Å². The molecule has 1 aromatic heterocycles. The Hall–Kier alpha value is -2.27. The van der Waals surface area contributed by atoms with Crippen molar-refractivity contribution in [3.8, 4) is 5.75 Å². The first-order chi connectivity index (χ1) is 10.8. The molecule has 0 bridgehead atoms. The lowest BCUT2D eigenvalue weighted by atomic mass is 10.1. The number of carbonyl (C=O) groups excluding carboxylic acids is 1. The van der Waals surface area contributed by atoms with Gasteiger partial charge in [-0.15, -0.1) is 0 Å². The van der Waals surface area contributed by atoms with Gasteiger partial charge in [0.1, 0.15) is 12.4 Å². The molecule has 1 heterocycles. The summed E-state index contributed by atoms with van der Waals surface area (Å²) in [5, 5.41) is 3.68. The highest BCUT2D eigenvalue weighted by atomic mass is 79.9. The lowest BCUT2D eigenvalue weighted by molar-refractivity contribution is -0.109. The number of hydrogen-bond donors (Lipinski definition) is 2. The number of amides is 1. The Labute approximate surface area is 136 Å². The Bertz CT molecular complexity index is 784. The number of benzene rings is 2. The zero-order valence-electron chi connectivity index (χ0n) is 11.8. The molecule has 0 fully saturated rings. The van der Waals surface area contributed by atoms with Crippen molar-refractivity contribution >= 4 is 33.2 Å². The first kappa shape index (κ1) is 14.7. The number of halogens is 1. The summed E-state index contributed by atoms with van der Waals surface area (Å²) in [6, 6.07) is 13.9. The molecule has 0 saturated heterocycles. The van der Waals surface area contributed by atoms with Crippen LogP contribution in [0, 0.1) is 0 Å². The SMILES string of the molecule is O=CNCc1c[nH]c2c(Br)ccc(OCc3ccccc3)c12. The summed E-state index contributed by atoms with van der Waals surface area (Å²) < 4.78 is 6.95. The number of ether oxygens (including phenoxy) is 1. The van der Waals surface area contributed by atoms with Gasteiger partial charge in [-0.2, -0.15) is 0 Å². The Morgan fingerprint density at radius 3 is 2.77 bits per heavy atom. The third-order valence-electron chi connectivity index (χ3n) is 3.44. The van der Waals surface area contributed by atoms with Gasteiger partial charge in [-0.25, -0.2) is 0 Å². The molecule has 0 radical (unpaired) electrons. The second-order valence-corrected chi connectivity index (χ2v) is 5.74. The van der Waals surface area contributed by atoms with E-state index in [2.05, 4.69) is 26.2 Å².